The lowest BCUT2D eigenvalue weighted by atomic mass is 10.1. The van der Waals surface area contributed by atoms with E-state index in [1.165, 1.54) is 5.56 Å². The quantitative estimate of drug-likeness (QED) is 0.837. The van der Waals surface area contributed by atoms with Crippen LogP contribution in [0.25, 0.3) is 0 Å². The van der Waals surface area contributed by atoms with Crippen LogP contribution in [0.2, 0.25) is 0 Å². The summed E-state index contributed by atoms with van der Waals surface area (Å²) >= 11 is 0. The maximum absolute atomic E-state index is 12.3. The number of aliphatic hydroxyl groups is 1. The lowest BCUT2D eigenvalue weighted by Crippen LogP contribution is -2.52. The first-order valence-corrected chi connectivity index (χ1v) is 8.41. The zero-order valence-electron chi connectivity index (χ0n) is 13.6. The summed E-state index contributed by atoms with van der Waals surface area (Å²) in [7, 11) is 0. The van der Waals surface area contributed by atoms with Crippen molar-refractivity contribution in [2.75, 3.05) is 32.8 Å². The molecule has 0 spiro atoms. The molecule has 122 valence electrons. The zero-order valence-corrected chi connectivity index (χ0v) is 13.6. The number of aryl methyl sites for hydroxylation is 1. The lowest BCUT2D eigenvalue weighted by molar-refractivity contribution is -0.133. The third kappa shape index (κ3) is 4.82. The number of amides is 1. The van der Waals surface area contributed by atoms with Crippen LogP contribution in [0.3, 0.4) is 0 Å². The third-order valence-corrected chi connectivity index (χ3v) is 4.56. The van der Waals surface area contributed by atoms with Crippen LogP contribution in [0, 0.1) is 0 Å². The van der Waals surface area contributed by atoms with E-state index in [-0.39, 0.29) is 18.6 Å². The molecule has 0 saturated carbocycles. The molecule has 22 heavy (non-hydrogen) atoms. The minimum Gasteiger partial charge on any atom is -0.395 e. The van der Waals surface area contributed by atoms with Crippen LogP contribution in [0.4, 0.5) is 0 Å². The molecule has 4 heteroatoms. The molecule has 1 atom stereocenters. The van der Waals surface area contributed by atoms with Gasteiger partial charge in [-0.2, -0.15) is 0 Å². The van der Waals surface area contributed by atoms with Crippen LogP contribution in [0.5, 0.6) is 0 Å². The van der Waals surface area contributed by atoms with E-state index in [1.807, 2.05) is 23.1 Å². The summed E-state index contributed by atoms with van der Waals surface area (Å²) in [6, 6.07) is 10.6. The first-order chi connectivity index (χ1) is 10.7. The van der Waals surface area contributed by atoms with Gasteiger partial charge in [0, 0.05) is 38.6 Å². The predicted molar refractivity (Wildman–Crippen MR) is 88.7 cm³/mol. The number of hydrogen-bond acceptors (Lipinski definition) is 3. The molecular formula is C18H28N2O2. The molecular weight excluding hydrogens is 276 g/mol. The zero-order chi connectivity index (χ0) is 15.8. The molecule has 2 rings (SSSR count). The SMILES string of the molecule is CCC(CO)N1CCN(C(=O)CCCc2ccccc2)CC1. The van der Waals surface area contributed by atoms with Gasteiger partial charge in [-0.05, 0) is 24.8 Å². The molecule has 4 nitrogen and oxygen atoms in total. The van der Waals surface area contributed by atoms with E-state index < -0.39 is 0 Å². The minimum atomic E-state index is 0.210. The van der Waals surface area contributed by atoms with Gasteiger partial charge in [-0.15, -0.1) is 0 Å². The Bertz CT molecular complexity index is 438. The average Bonchev–Trinajstić information content (AvgIpc) is 2.57. The van der Waals surface area contributed by atoms with Gasteiger partial charge < -0.3 is 10.0 Å². The van der Waals surface area contributed by atoms with Gasteiger partial charge in [0.1, 0.15) is 0 Å². The molecule has 1 N–H and O–H groups in total. The molecule has 1 aromatic rings. The van der Waals surface area contributed by atoms with Crippen LogP contribution in [0.15, 0.2) is 30.3 Å². The van der Waals surface area contributed by atoms with Crippen molar-refractivity contribution in [3.05, 3.63) is 35.9 Å². The van der Waals surface area contributed by atoms with Crippen molar-refractivity contribution in [3.63, 3.8) is 0 Å². The Labute approximate surface area is 133 Å². The van der Waals surface area contributed by atoms with E-state index in [1.54, 1.807) is 0 Å². The van der Waals surface area contributed by atoms with Crippen molar-refractivity contribution in [2.24, 2.45) is 0 Å². The Morgan fingerprint density at radius 2 is 1.86 bits per heavy atom. The Hall–Kier alpha value is -1.39. The summed E-state index contributed by atoms with van der Waals surface area (Å²) in [6.07, 6.45) is 3.47. The highest BCUT2D eigenvalue weighted by atomic mass is 16.3. The second-order valence-corrected chi connectivity index (χ2v) is 6.00. The van der Waals surface area contributed by atoms with E-state index in [2.05, 4.69) is 24.0 Å². The lowest BCUT2D eigenvalue weighted by Gasteiger charge is -2.38. The number of hydrogen-bond donors (Lipinski definition) is 1. The van der Waals surface area contributed by atoms with Crippen molar-refractivity contribution in [1.29, 1.82) is 0 Å². The maximum Gasteiger partial charge on any atom is 0.222 e. The van der Waals surface area contributed by atoms with Crippen molar-refractivity contribution >= 4 is 5.91 Å². The van der Waals surface area contributed by atoms with Gasteiger partial charge in [0.2, 0.25) is 5.91 Å². The van der Waals surface area contributed by atoms with Gasteiger partial charge >= 0.3 is 0 Å². The largest absolute Gasteiger partial charge is 0.395 e. The van der Waals surface area contributed by atoms with Gasteiger partial charge in [0.05, 0.1) is 6.61 Å². The maximum atomic E-state index is 12.3. The van der Waals surface area contributed by atoms with Gasteiger partial charge in [-0.3, -0.25) is 9.69 Å². The van der Waals surface area contributed by atoms with Crippen molar-refractivity contribution in [3.8, 4) is 0 Å². The molecule has 0 aliphatic carbocycles. The number of carbonyl (C=O) groups excluding carboxylic acids is 1. The minimum absolute atomic E-state index is 0.210. The van der Waals surface area contributed by atoms with Crippen molar-refractivity contribution < 1.29 is 9.90 Å². The van der Waals surface area contributed by atoms with E-state index in [9.17, 15) is 9.90 Å². The Kier molecular flexibility index (Phi) is 6.87. The fourth-order valence-corrected chi connectivity index (χ4v) is 3.09. The summed E-state index contributed by atoms with van der Waals surface area (Å²) in [6.45, 7) is 5.65. The molecule has 0 aromatic heterocycles. The topological polar surface area (TPSA) is 43.8 Å². The monoisotopic (exact) mass is 304 g/mol. The van der Waals surface area contributed by atoms with Crippen molar-refractivity contribution in [2.45, 2.75) is 38.6 Å². The van der Waals surface area contributed by atoms with E-state index >= 15 is 0 Å². The number of rotatable bonds is 7. The van der Waals surface area contributed by atoms with Gasteiger partial charge in [-0.1, -0.05) is 37.3 Å². The van der Waals surface area contributed by atoms with Crippen LogP contribution < -0.4 is 0 Å². The third-order valence-electron chi connectivity index (χ3n) is 4.56. The van der Waals surface area contributed by atoms with Crippen LogP contribution in [-0.2, 0) is 11.2 Å². The van der Waals surface area contributed by atoms with Gasteiger partial charge in [0.15, 0.2) is 0 Å². The Balaban J connectivity index is 1.69. The molecule has 1 saturated heterocycles. The Morgan fingerprint density at radius 1 is 1.18 bits per heavy atom. The van der Waals surface area contributed by atoms with Gasteiger partial charge in [0.25, 0.3) is 0 Å². The molecule has 1 aliphatic heterocycles. The second kappa shape index (κ2) is 8.91. The number of carbonyl (C=O) groups is 1. The van der Waals surface area contributed by atoms with E-state index in [0.29, 0.717) is 6.42 Å². The Morgan fingerprint density at radius 3 is 2.45 bits per heavy atom. The summed E-state index contributed by atoms with van der Waals surface area (Å²) in [5, 5.41) is 9.36. The molecule has 0 bridgehead atoms. The molecule has 1 aromatic carbocycles. The average molecular weight is 304 g/mol. The summed E-state index contributed by atoms with van der Waals surface area (Å²) in [5.41, 5.74) is 1.30. The summed E-state index contributed by atoms with van der Waals surface area (Å²) in [4.78, 5) is 16.5. The molecule has 0 radical (unpaired) electrons. The van der Waals surface area contributed by atoms with E-state index in [4.69, 9.17) is 0 Å². The molecule has 1 fully saturated rings. The smallest absolute Gasteiger partial charge is 0.222 e. The highest BCUT2D eigenvalue weighted by Crippen LogP contribution is 2.11. The fourth-order valence-electron chi connectivity index (χ4n) is 3.09. The first-order valence-electron chi connectivity index (χ1n) is 8.41. The molecule has 1 heterocycles. The number of aliphatic hydroxyl groups excluding tert-OH is 1. The standard InChI is InChI=1S/C18H28N2O2/c1-2-17(15-21)19-11-13-20(14-12-19)18(22)10-6-9-16-7-4-3-5-8-16/h3-5,7-8,17,21H,2,6,9-15H2,1H3. The number of nitrogens with zero attached hydrogens (tertiary/aromatic N) is 2. The predicted octanol–water partition coefficient (Wildman–Crippen LogP) is 1.92. The normalized spacial score (nSPS) is 17.5. The molecule has 1 unspecified atom stereocenters. The van der Waals surface area contributed by atoms with E-state index in [0.717, 1.165) is 45.4 Å². The fraction of sp³-hybridized carbons (Fsp3) is 0.611. The second-order valence-electron chi connectivity index (χ2n) is 6.00. The first kappa shape index (κ1) is 17.0. The van der Waals surface area contributed by atoms with Gasteiger partial charge in [-0.25, -0.2) is 0 Å². The van der Waals surface area contributed by atoms with Crippen molar-refractivity contribution in [1.82, 2.24) is 9.80 Å². The summed E-state index contributed by atoms with van der Waals surface area (Å²) in [5.74, 6) is 0.271. The van der Waals surface area contributed by atoms with Crippen LogP contribution >= 0.6 is 0 Å². The van der Waals surface area contributed by atoms with Crippen LogP contribution in [-0.4, -0.2) is 59.6 Å². The highest BCUT2D eigenvalue weighted by Gasteiger charge is 2.24. The molecule has 1 aliphatic rings. The highest BCUT2D eigenvalue weighted by molar-refractivity contribution is 5.76. The number of piperazine rings is 1. The number of benzene rings is 1. The molecule has 1 amide bonds. The summed E-state index contributed by atoms with van der Waals surface area (Å²) < 4.78 is 0. The van der Waals surface area contributed by atoms with Crippen LogP contribution in [0.1, 0.15) is 31.7 Å².